The summed E-state index contributed by atoms with van der Waals surface area (Å²) >= 11 is 0. The highest BCUT2D eigenvalue weighted by molar-refractivity contribution is 6.22. The molecule has 1 heterocycles. The van der Waals surface area contributed by atoms with Crippen LogP contribution in [0.25, 0.3) is 11.1 Å². The molecule has 4 nitrogen and oxygen atoms in total. The van der Waals surface area contributed by atoms with Gasteiger partial charge < -0.3 is 4.74 Å². The van der Waals surface area contributed by atoms with Gasteiger partial charge in [0.15, 0.2) is 11.6 Å². The van der Waals surface area contributed by atoms with Crippen LogP contribution in [0.2, 0.25) is 0 Å². The number of benzene rings is 2. The van der Waals surface area contributed by atoms with Gasteiger partial charge in [-0.2, -0.15) is 0 Å². The molecule has 0 amide bonds. The summed E-state index contributed by atoms with van der Waals surface area (Å²) in [6.45, 7) is 6.68. The molecule has 1 saturated heterocycles. The van der Waals surface area contributed by atoms with Crippen LogP contribution in [0.5, 0.6) is 0 Å². The highest BCUT2D eigenvalue weighted by Crippen LogP contribution is 2.37. The van der Waals surface area contributed by atoms with E-state index in [4.69, 9.17) is 4.74 Å². The maximum atomic E-state index is 13.2. The van der Waals surface area contributed by atoms with Gasteiger partial charge in [-0.3, -0.25) is 14.5 Å². The molecule has 1 aliphatic heterocycles. The number of hydrogen-bond acceptors (Lipinski definition) is 4. The van der Waals surface area contributed by atoms with E-state index >= 15 is 0 Å². The van der Waals surface area contributed by atoms with Crippen LogP contribution < -0.4 is 0 Å². The summed E-state index contributed by atoms with van der Waals surface area (Å²) in [7, 11) is 0. The van der Waals surface area contributed by atoms with Crippen LogP contribution in [0.1, 0.15) is 40.1 Å². The fourth-order valence-electron chi connectivity index (χ4n) is 3.79. The van der Waals surface area contributed by atoms with Crippen LogP contribution in [-0.4, -0.2) is 48.3 Å². The molecule has 2 aromatic rings. The normalized spacial score (nSPS) is 17.3. The summed E-state index contributed by atoms with van der Waals surface area (Å²) in [5.41, 5.74) is 3.19. The molecule has 25 heavy (non-hydrogen) atoms. The molecule has 0 N–H and O–H groups in total. The Morgan fingerprint density at radius 3 is 2.32 bits per heavy atom. The lowest BCUT2D eigenvalue weighted by Gasteiger charge is -2.39. The third-order valence-electron chi connectivity index (χ3n) is 5.35. The van der Waals surface area contributed by atoms with Gasteiger partial charge in [-0.05, 0) is 31.0 Å². The smallest absolute Gasteiger partial charge is 0.194 e. The van der Waals surface area contributed by atoms with Crippen molar-refractivity contribution < 1.29 is 14.3 Å². The van der Waals surface area contributed by atoms with Gasteiger partial charge in [-0.15, -0.1) is 0 Å². The maximum Gasteiger partial charge on any atom is 0.194 e. The number of morpholine rings is 1. The average molecular weight is 335 g/mol. The Kier molecular flexibility index (Phi) is 3.82. The van der Waals surface area contributed by atoms with E-state index < -0.39 is 5.54 Å². The minimum absolute atomic E-state index is 0.00410. The van der Waals surface area contributed by atoms with Gasteiger partial charge in [0.2, 0.25) is 0 Å². The Morgan fingerprint density at radius 1 is 0.960 bits per heavy atom. The summed E-state index contributed by atoms with van der Waals surface area (Å²) in [6.07, 6.45) is 0. The molecule has 0 atom stereocenters. The van der Waals surface area contributed by atoms with Crippen LogP contribution in [0.3, 0.4) is 0 Å². The Bertz CT molecular complexity index is 863. The third-order valence-corrected chi connectivity index (χ3v) is 5.35. The van der Waals surface area contributed by atoms with E-state index in [1.807, 2.05) is 50.2 Å². The van der Waals surface area contributed by atoms with Crippen molar-refractivity contribution in [3.8, 4) is 11.1 Å². The highest BCUT2D eigenvalue weighted by Gasteiger charge is 2.37. The number of Topliss-reactive ketones (excluding diaryl/α,β-unsaturated/α-hetero) is 1. The largest absolute Gasteiger partial charge is 0.379 e. The van der Waals surface area contributed by atoms with Gasteiger partial charge in [0.25, 0.3) is 0 Å². The van der Waals surface area contributed by atoms with E-state index in [1.165, 1.54) is 0 Å². The molecule has 4 heteroatoms. The van der Waals surface area contributed by atoms with Gasteiger partial charge in [-0.25, -0.2) is 0 Å². The second-order valence-electron chi connectivity index (χ2n) is 7.12. The molecule has 1 aliphatic carbocycles. The lowest BCUT2D eigenvalue weighted by atomic mass is 9.89. The number of ether oxygens (including phenoxy) is 1. The quantitative estimate of drug-likeness (QED) is 0.690. The van der Waals surface area contributed by atoms with Crippen LogP contribution in [-0.2, 0) is 4.74 Å². The monoisotopic (exact) mass is 335 g/mol. The number of carbonyl (C=O) groups excluding carboxylic acids is 2. The predicted octanol–water partition coefficient (Wildman–Crippen LogP) is 3.19. The van der Waals surface area contributed by atoms with Gasteiger partial charge >= 0.3 is 0 Å². The zero-order chi connectivity index (χ0) is 17.6. The predicted molar refractivity (Wildman–Crippen MR) is 96.1 cm³/mol. The molecule has 0 bridgehead atoms. The summed E-state index contributed by atoms with van der Waals surface area (Å²) < 4.78 is 5.39. The minimum atomic E-state index is -0.619. The number of hydrogen-bond donors (Lipinski definition) is 0. The zero-order valence-corrected chi connectivity index (χ0v) is 14.5. The molecule has 0 spiro atoms. The molecule has 0 aromatic heterocycles. The number of nitrogens with zero attached hydrogens (tertiary/aromatic N) is 1. The fraction of sp³-hybridized carbons (Fsp3) is 0.333. The number of rotatable bonds is 3. The topological polar surface area (TPSA) is 46.6 Å². The van der Waals surface area contributed by atoms with E-state index in [2.05, 4.69) is 4.90 Å². The molecule has 2 aromatic carbocycles. The van der Waals surface area contributed by atoms with Crippen LogP contribution in [0.15, 0.2) is 42.5 Å². The van der Waals surface area contributed by atoms with Crippen molar-refractivity contribution in [1.29, 1.82) is 0 Å². The first-order chi connectivity index (χ1) is 12.0. The molecule has 128 valence electrons. The van der Waals surface area contributed by atoms with Crippen molar-refractivity contribution in [2.75, 3.05) is 26.3 Å². The van der Waals surface area contributed by atoms with Gasteiger partial charge in [0.05, 0.1) is 18.8 Å². The van der Waals surface area contributed by atoms with Crippen molar-refractivity contribution in [2.24, 2.45) is 0 Å². The lowest BCUT2D eigenvalue weighted by molar-refractivity contribution is -0.00429. The van der Waals surface area contributed by atoms with E-state index in [1.54, 1.807) is 6.07 Å². The van der Waals surface area contributed by atoms with Gasteiger partial charge in [0, 0.05) is 29.8 Å². The summed E-state index contributed by atoms with van der Waals surface area (Å²) in [5, 5.41) is 0. The van der Waals surface area contributed by atoms with Crippen molar-refractivity contribution in [2.45, 2.75) is 19.4 Å². The number of ketones is 2. The fourth-order valence-corrected chi connectivity index (χ4v) is 3.79. The van der Waals surface area contributed by atoms with Gasteiger partial charge in [-0.1, -0.05) is 36.4 Å². The average Bonchev–Trinajstić information content (AvgIpc) is 2.94. The van der Waals surface area contributed by atoms with E-state index in [0.29, 0.717) is 24.3 Å². The minimum Gasteiger partial charge on any atom is -0.379 e. The molecule has 4 rings (SSSR count). The second-order valence-corrected chi connectivity index (χ2v) is 7.12. The first-order valence-electron chi connectivity index (χ1n) is 8.66. The van der Waals surface area contributed by atoms with Crippen LogP contribution in [0.4, 0.5) is 0 Å². The molecule has 1 fully saturated rings. The lowest BCUT2D eigenvalue weighted by Crippen LogP contribution is -2.54. The molecule has 0 radical (unpaired) electrons. The first kappa shape index (κ1) is 16.2. The van der Waals surface area contributed by atoms with Crippen molar-refractivity contribution in [3.63, 3.8) is 0 Å². The summed E-state index contributed by atoms with van der Waals surface area (Å²) in [4.78, 5) is 28.0. The molecule has 0 saturated carbocycles. The Hall–Kier alpha value is -2.30. The molecule has 2 aliphatic rings. The standard InChI is InChI=1S/C21H21NO3/c1-21(2,22-9-11-25-12-10-22)20(24)14-7-8-16-15-5-3-4-6-17(15)19(23)18(16)13-14/h3-8,13H,9-12H2,1-2H3. The van der Waals surface area contributed by atoms with E-state index in [-0.39, 0.29) is 11.6 Å². The van der Waals surface area contributed by atoms with E-state index in [9.17, 15) is 9.59 Å². The second kappa shape index (κ2) is 5.90. The van der Waals surface area contributed by atoms with Crippen LogP contribution in [0, 0.1) is 0 Å². The van der Waals surface area contributed by atoms with Crippen molar-refractivity contribution in [1.82, 2.24) is 4.90 Å². The number of fused-ring (bicyclic) bond motifs is 3. The summed E-state index contributed by atoms with van der Waals surface area (Å²) in [6, 6.07) is 13.1. The molecular formula is C21H21NO3. The zero-order valence-electron chi connectivity index (χ0n) is 14.5. The maximum absolute atomic E-state index is 13.2. The summed E-state index contributed by atoms with van der Waals surface area (Å²) in [5.74, 6) is 0.0467. The third kappa shape index (κ3) is 2.53. The Labute approximate surface area is 147 Å². The first-order valence-corrected chi connectivity index (χ1v) is 8.66. The highest BCUT2D eigenvalue weighted by atomic mass is 16.5. The molecular weight excluding hydrogens is 314 g/mol. The molecule has 0 unspecified atom stereocenters. The number of carbonyl (C=O) groups is 2. The Balaban J connectivity index is 1.69. The van der Waals surface area contributed by atoms with Crippen molar-refractivity contribution >= 4 is 11.6 Å². The van der Waals surface area contributed by atoms with Crippen LogP contribution >= 0.6 is 0 Å². The van der Waals surface area contributed by atoms with Gasteiger partial charge in [0.1, 0.15) is 0 Å². The van der Waals surface area contributed by atoms with E-state index in [0.717, 1.165) is 29.8 Å². The Morgan fingerprint density at radius 2 is 1.60 bits per heavy atom. The SMILES string of the molecule is CC(C)(C(=O)c1ccc2c(c1)C(=O)c1ccccc1-2)N1CCOCC1. The van der Waals surface area contributed by atoms with Crippen molar-refractivity contribution in [3.05, 3.63) is 59.2 Å².